The Labute approximate surface area is 78.4 Å². The molecule has 0 saturated carbocycles. The van der Waals surface area contributed by atoms with Gasteiger partial charge >= 0.3 is 6.03 Å². The van der Waals surface area contributed by atoms with Crippen LogP contribution in [0.2, 0.25) is 0 Å². The van der Waals surface area contributed by atoms with Crippen LogP contribution in [0, 0.1) is 0 Å². The van der Waals surface area contributed by atoms with E-state index in [1.807, 2.05) is 31.7 Å². The average molecular weight is 182 g/mol. The first-order valence-corrected chi connectivity index (χ1v) is 4.32. The minimum Gasteiger partial charge on any atom is -0.305 e. The zero-order valence-electron chi connectivity index (χ0n) is 8.56. The summed E-state index contributed by atoms with van der Waals surface area (Å²) < 4.78 is 3.41. The molecule has 13 heavy (non-hydrogen) atoms. The minimum absolute atomic E-state index is 0.00407. The maximum atomic E-state index is 11.7. The topological polar surface area (TPSA) is 29.1 Å². The molecule has 0 aliphatic heterocycles. The molecule has 0 spiro atoms. The van der Waals surface area contributed by atoms with E-state index < -0.39 is 0 Å². The van der Waals surface area contributed by atoms with Crippen LogP contribution in [0.3, 0.4) is 0 Å². The summed E-state index contributed by atoms with van der Waals surface area (Å²) in [5.74, 6) is 0. The predicted molar refractivity (Wildman–Crippen MR) is 49.3 cm³/mol. The molecule has 4 nitrogen and oxygen atoms in total. The third kappa shape index (κ3) is 2.08. The SMILES string of the molecule is CC(C)N(C)C(=O)n1cc[n+](C)c1. The number of amides is 1. The van der Waals surface area contributed by atoms with Crippen LogP contribution < -0.4 is 4.57 Å². The first-order valence-electron chi connectivity index (χ1n) is 4.32. The largest absolute Gasteiger partial charge is 0.415 e. The Morgan fingerprint density at radius 2 is 2.15 bits per heavy atom. The van der Waals surface area contributed by atoms with E-state index in [4.69, 9.17) is 0 Å². The smallest absolute Gasteiger partial charge is 0.305 e. The number of nitrogens with zero attached hydrogens (tertiary/aromatic N) is 3. The quantitative estimate of drug-likeness (QED) is 0.585. The van der Waals surface area contributed by atoms with Crippen LogP contribution in [-0.4, -0.2) is 28.6 Å². The van der Waals surface area contributed by atoms with E-state index in [9.17, 15) is 4.79 Å². The van der Waals surface area contributed by atoms with Crippen LogP contribution in [0.4, 0.5) is 4.79 Å². The number of carbonyl (C=O) groups excluding carboxylic acids is 1. The Balaban J connectivity index is 2.79. The first-order chi connectivity index (χ1) is 6.02. The molecule has 0 radical (unpaired) electrons. The van der Waals surface area contributed by atoms with Gasteiger partial charge in [-0.1, -0.05) is 0 Å². The molecule has 1 heterocycles. The highest BCUT2D eigenvalue weighted by Gasteiger charge is 2.18. The van der Waals surface area contributed by atoms with Crippen LogP contribution in [0.5, 0.6) is 0 Å². The number of rotatable bonds is 1. The van der Waals surface area contributed by atoms with Crippen LogP contribution >= 0.6 is 0 Å². The van der Waals surface area contributed by atoms with Gasteiger partial charge in [0.1, 0.15) is 12.4 Å². The van der Waals surface area contributed by atoms with Crippen LogP contribution in [-0.2, 0) is 7.05 Å². The molecule has 0 aliphatic carbocycles. The summed E-state index contributed by atoms with van der Waals surface area (Å²) in [6, 6.07) is 0.218. The Kier molecular flexibility index (Phi) is 2.70. The molecule has 0 N–H and O–H groups in total. The zero-order chi connectivity index (χ0) is 10.0. The van der Waals surface area contributed by atoms with Crippen molar-refractivity contribution in [3.05, 3.63) is 18.7 Å². The lowest BCUT2D eigenvalue weighted by atomic mass is 10.4. The lowest BCUT2D eigenvalue weighted by molar-refractivity contribution is -0.670. The van der Waals surface area contributed by atoms with Crippen molar-refractivity contribution in [3.8, 4) is 0 Å². The van der Waals surface area contributed by atoms with Gasteiger partial charge in [-0.25, -0.2) is 9.36 Å². The van der Waals surface area contributed by atoms with Crippen molar-refractivity contribution in [3.63, 3.8) is 0 Å². The minimum atomic E-state index is -0.00407. The highest BCUT2D eigenvalue weighted by molar-refractivity contribution is 5.76. The van der Waals surface area contributed by atoms with Gasteiger partial charge in [0.05, 0.1) is 7.05 Å². The fourth-order valence-electron chi connectivity index (χ4n) is 0.966. The van der Waals surface area contributed by atoms with Crippen molar-refractivity contribution in [1.29, 1.82) is 0 Å². The van der Waals surface area contributed by atoms with Gasteiger partial charge in [-0.05, 0) is 13.8 Å². The van der Waals surface area contributed by atoms with Gasteiger partial charge in [0.15, 0.2) is 0 Å². The molecule has 1 amide bonds. The van der Waals surface area contributed by atoms with Gasteiger partial charge < -0.3 is 4.90 Å². The van der Waals surface area contributed by atoms with E-state index in [1.165, 1.54) is 0 Å². The monoisotopic (exact) mass is 182 g/mol. The summed E-state index contributed by atoms with van der Waals surface area (Å²) in [4.78, 5) is 13.4. The Morgan fingerprint density at radius 3 is 2.54 bits per heavy atom. The molecule has 0 saturated heterocycles. The second-order valence-electron chi connectivity index (χ2n) is 3.47. The molecule has 0 bridgehead atoms. The summed E-state index contributed by atoms with van der Waals surface area (Å²) in [6.07, 6.45) is 5.34. The van der Waals surface area contributed by atoms with Crippen molar-refractivity contribution in [1.82, 2.24) is 9.47 Å². The molecule has 0 atom stereocenters. The van der Waals surface area contributed by atoms with Crippen LogP contribution in [0.15, 0.2) is 18.7 Å². The van der Waals surface area contributed by atoms with Crippen molar-refractivity contribution in [2.75, 3.05) is 7.05 Å². The van der Waals surface area contributed by atoms with Gasteiger partial charge in [0.2, 0.25) is 0 Å². The number of imidazole rings is 1. The number of hydrogen-bond acceptors (Lipinski definition) is 1. The molecule has 0 aliphatic rings. The standard InChI is InChI=1S/C9H16N3O/c1-8(2)11(4)9(13)12-6-5-10(3)7-12/h5-8H,1-4H3/q+1. The molecule has 0 aromatic carbocycles. The number of aryl methyl sites for hydroxylation is 1. The summed E-state index contributed by atoms with van der Waals surface area (Å²) in [5, 5.41) is 0. The summed E-state index contributed by atoms with van der Waals surface area (Å²) in [7, 11) is 3.69. The number of carbonyl (C=O) groups is 1. The highest BCUT2D eigenvalue weighted by atomic mass is 16.2. The van der Waals surface area contributed by atoms with Crippen molar-refractivity contribution in [2.24, 2.45) is 7.05 Å². The molecular formula is C9H16N3O+. The van der Waals surface area contributed by atoms with Gasteiger partial charge in [0, 0.05) is 13.1 Å². The zero-order valence-corrected chi connectivity index (χ0v) is 8.56. The number of aromatic nitrogens is 2. The van der Waals surface area contributed by atoms with Crippen molar-refractivity contribution < 1.29 is 9.36 Å². The Bertz CT molecular complexity index is 304. The second kappa shape index (κ2) is 3.60. The lowest BCUT2D eigenvalue weighted by Gasteiger charge is -2.17. The Morgan fingerprint density at radius 1 is 1.54 bits per heavy atom. The molecule has 0 unspecified atom stereocenters. The average Bonchev–Trinajstić information content (AvgIpc) is 2.49. The summed E-state index contributed by atoms with van der Waals surface area (Å²) in [6.45, 7) is 3.98. The second-order valence-corrected chi connectivity index (χ2v) is 3.47. The molecule has 0 fully saturated rings. The molecule has 1 rings (SSSR count). The Hall–Kier alpha value is -1.32. The fourth-order valence-corrected chi connectivity index (χ4v) is 0.966. The first kappa shape index (κ1) is 9.77. The van der Waals surface area contributed by atoms with Gasteiger partial charge in [-0.3, -0.25) is 0 Å². The van der Waals surface area contributed by atoms with E-state index in [0.29, 0.717) is 0 Å². The molecule has 1 aromatic rings. The molecule has 1 aromatic heterocycles. The third-order valence-electron chi connectivity index (χ3n) is 2.07. The normalized spacial score (nSPS) is 10.5. The maximum absolute atomic E-state index is 11.7. The summed E-state index contributed by atoms with van der Waals surface area (Å²) in [5.41, 5.74) is 0. The van der Waals surface area contributed by atoms with Gasteiger partial charge in [-0.2, -0.15) is 4.57 Å². The fraction of sp³-hybridized carbons (Fsp3) is 0.556. The molecule has 4 heteroatoms. The van der Waals surface area contributed by atoms with Crippen LogP contribution in [0.1, 0.15) is 13.8 Å². The predicted octanol–water partition coefficient (Wildman–Crippen LogP) is 0.621. The molecule has 72 valence electrons. The van der Waals surface area contributed by atoms with Crippen molar-refractivity contribution in [2.45, 2.75) is 19.9 Å². The summed E-state index contributed by atoms with van der Waals surface area (Å²) >= 11 is 0. The van der Waals surface area contributed by atoms with E-state index in [2.05, 4.69) is 0 Å². The van der Waals surface area contributed by atoms with E-state index in [0.717, 1.165) is 0 Å². The lowest BCUT2D eigenvalue weighted by Crippen LogP contribution is -2.36. The number of hydrogen-bond donors (Lipinski definition) is 0. The van der Waals surface area contributed by atoms with Gasteiger partial charge in [-0.15, -0.1) is 0 Å². The van der Waals surface area contributed by atoms with E-state index >= 15 is 0 Å². The van der Waals surface area contributed by atoms with E-state index in [1.54, 1.807) is 29.0 Å². The van der Waals surface area contributed by atoms with Crippen LogP contribution in [0.25, 0.3) is 0 Å². The molecular weight excluding hydrogens is 166 g/mol. The third-order valence-corrected chi connectivity index (χ3v) is 2.07. The van der Waals surface area contributed by atoms with E-state index in [-0.39, 0.29) is 12.1 Å². The maximum Gasteiger partial charge on any atom is 0.415 e. The van der Waals surface area contributed by atoms with Crippen molar-refractivity contribution >= 4 is 6.03 Å². The highest BCUT2D eigenvalue weighted by Crippen LogP contribution is 1.97. The van der Waals surface area contributed by atoms with Gasteiger partial charge in [0.25, 0.3) is 6.33 Å².